The Labute approximate surface area is 148 Å². The molecule has 0 fully saturated rings. The van der Waals surface area contributed by atoms with Crippen LogP contribution in [0.1, 0.15) is 21.9 Å². The fourth-order valence-corrected chi connectivity index (χ4v) is 2.07. The monoisotopic (exact) mass is 361 g/mol. The first-order chi connectivity index (χ1) is 12.1. The Kier molecular flexibility index (Phi) is 5.30. The number of halogens is 2. The fraction of sp³-hybridized carbons (Fsp3) is 0.111. The molecule has 0 atom stereocenters. The van der Waals surface area contributed by atoms with Gasteiger partial charge in [-0.05, 0) is 42.5 Å². The molecule has 0 aliphatic heterocycles. The van der Waals surface area contributed by atoms with Crippen molar-refractivity contribution in [3.63, 3.8) is 0 Å². The van der Waals surface area contributed by atoms with Gasteiger partial charge in [-0.1, -0.05) is 17.7 Å². The summed E-state index contributed by atoms with van der Waals surface area (Å²) in [4.78, 5) is 15.9. The van der Waals surface area contributed by atoms with E-state index in [9.17, 15) is 9.18 Å². The van der Waals surface area contributed by atoms with E-state index in [2.05, 4.69) is 4.98 Å². The number of esters is 1. The van der Waals surface area contributed by atoms with Crippen LogP contribution in [-0.2, 0) is 18.0 Å². The number of nitrogens with zero attached hydrogens (tertiary/aromatic N) is 1. The molecule has 0 radical (unpaired) electrons. The van der Waals surface area contributed by atoms with Crippen LogP contribution in [0.25, 0.3) is 0 Å². The van der Waals surface area contributed by atoms with E-state index in [0.717, 1.165) is 0 Å². The van der Waals surface area contributed by atoms with E-state index in [4.69, 9.17) is 25.5 Å². The number of rotatable bonds is 6. The van der Waals surface area contributed by atoms with Crippen molar-refractivity contribution in [3.8, 4) is 5.75 Å². The minimum absolute atomic E-state index is 0.0606. The van der Waals surface area contributed by atoms with Gasteiger partial charge in [0, 0.05) is 11.8 Å². The van der Waals surface area contributed by atoms with E-state index in [1.165, 1.54) is 36.5 Å². The minimum Gasteiger partial charge on any atom is -0.486 e. The van der Waals surface area contributed by atoms with Crippen LogP contribution < -0.4 is 4.74 Å². The first kappa shape index (κ1) is 17.0. The van der Waals surface area contributed by atoms with Crippen LogP contribution in [0.5, 0.6) is 5.75 Å². The predicted molar refractivity (Wildman–Crippen MR) is 87.8 cm³/mol. The van der Waals surface area contributed by atoms with Crippen molar-refractivity contribution in [1.82, 2.24) is 4.98 Å². The standard InChI is InChI=1S/C18H13ClFNO4/c19-17-8-1-12(9-21-17)10-24-18(22)16-7-6-15(25-16)11-23-14-4-2-13(20)3-5-14/h1-9H,10-11H2. The topological polar surface area (TPSA) is 61.6 Å². The molecule has 2 heterocycles. The molecule has 0 unspecified atom stereocenters. The number of hydrogen-bond acceptors (Lipinski definition) is 5. The zero-order valence-corrected chi connectivity index (χ0v) is 13.7. The van der Waals surface area contributed by atoms with Crippen LogP contribution >= 0.6 is 11.6 Å². The maximum absolute atomic E-state index is 12.8. The number of carbonyl (C=O) groups is 1. The summed E-state index contributed by atoms with van der Waals surface area (Å²) in [6.45, 7) is 0.172. The molecule has 5 nitrogen and oxygen atoms in total. The van der Waals surface area contributed by atoms with Gasteiger partial charge in [0.05, 0.1) is 0 Å². The van der Waals surface area contributed by atoms with Gasteiger partial charge in [0.25, 0.3) is 0 Å². The minimum atomic E-state index is -0.594. The van der Waals surface area contributed by atoms with Crippen molar-refractivity contribution in [2.24, 2.45) is 0 Å². The van der Waals surface area contributed by atoms with Crippen LogP contribution in [0.15, 0.2) is 59.1 Å². The van der Waals surface area contributed by atoms with Gasteiger partial charge in [-0.3, -0.25) is 0 Å². The van der Waals surface area contributed by atoms with Crippen LogP contribution in [-0.4, -0.2) is 11.0 Å². The molecule has 0 amide bonds. The SMILES string of the molecule is O=C(OCc1ccc(Cl)nc1)c1ccc(COc2ccc(F)cc2)o1. The highest BCUT2D eigenvalue weighted by molar-refractivity contribution is 6.29. The molecule has 25 heavy (non-hydrogen) atoms. The summed E-state index contributed by atoms with van der Waals surface area (Å²) in [5.41, 5.74) is 0.712. The number of aromatic nitrogens is 1. The Balaban J connectivity index is 1.52. The Morgan fingerprint density at radius 1 is 1.08 bits per heavy atom. The Morgan fingerprint density at radius 3 is 2.60 bits per heavy atom. The van der Waals surface area contributed by atoms with Crippen molar-refractivity contribution in [1.29, 1.82) is 0 Å². The van der Waals surface area contributed by atoms with Crippen molar-refractivity contribution >= 4 is 17.6 Å². The van der Waals surface area contributed by atoms with Gasteiger partial charge in [-0.25, -0.2) is 14.2 Å². The molecule has 0 spiro atoms. The van der Waals surface area contributed by atoms with E-state index < -0.39 is 5.97 Å². The summed E-state index contributed by atoms with van der Waals surface area (Å²) in [5, 5.41) is 0.368. The smallest absolute Gasteiger partial charge is 0.374 e. The van der Waals surface area contributed by atoms with Gasteiger partial charge in [-0.15, -0.1) is 0 Å². The van der Waals surface area contributed by atoms with E-state index in [1.807, 2.05) is 0 Å². The molecule has 0 aliphatic carbocycles. The Morgan fingerprint density at radius 2 is 1.88 bits per heavy atom. The zero-order chi connectivity index (χ0) is 17.6. The molecule has 2 aromatic heterocycles. The molecule has 3 rings (SSSR count). The van der Waals surface area contributed by atoms with Gasteiger partial charge in [0.15, 0.2) is 0 Å². The first-order valence-electron chi connectivity index (χ1n) is 7.35. The third kappa shape index (κ3) is 4.81. The molecular weight excluding hydrogens is 349 g/mol. The van der Waals surface area contributed by atoms with E-state index in [0.29, 0.717) is 22.2 Å². The van der Waals surface area contributed by atoms with Crippen LogP contribution in [0.3, 0.4) is 0 Å². The van der Waals surface area contributed by atoms with Crippen LogP contribution in [0.4, 0.5) is 4.39 Å². The third-order valence-electron chi connectivity index (χ3n) is 3.22. The second-order valence-electron chi connectivity index (χ2n) is 5.07. The largest absolute Gasteiger partial charge is 0.486 e. The molecule has 0 saturated heterocycles. The van der Waals surface area contributed by atoms with Gasteiger partial charge in [0.2, 0.25) is 5.76 Å². The van der Waals surface area contributed by atoms with Gasteiger partial charge >= 0.3 is 5.97 Å². The van der Waals surface area contributed by atoms with E-state index in [1.54, 1.807) is 18.2 Å². The summed E-state index contributed by atoms with van der Waals surface area (Å²) in [6.07, 6.45) is 1.53. The molecular formula is C18H13ClFNO4. The lowest BCUT2D eigenvalue weighted by Crippen LogP contribution is -2.04. The van der Waals surface area contributed by atoms with Gasteiger partial charge in [-0.2, -0.15) is 0 Å². The van der Waals surface area contributed by atoms with Crippen LogP contribution in [0, 0.1) is 5.82 Å². The lowest BCUT2D eigenvalue weighted by molar-refractivity contribution is 0.0432. The summed E-state index contributed by atoms with van der Waals surface area (Å²) in [7, 11) is 0. The summed E-state index contributed by atoms with van der Waals surface area (Å²) < 4.78 is 28.8. The maximum Gasteiger partial charge on any atom is 0.374 e. The first-order valence-corrected chi connectivity index (χ1v) is 7.72. The van der Waals surface area contributed by atoms with Crippen molar-refractivity contribution < 1.29 is 23.1 Å². The Bertz CT molecular complexity index is 846. The lowest BCUT2D eigenvalue weighted by Gasteiger charge is -2.04. The van der Waals surface area contributed by atoms with Crippen molar-refractivity contribution in [3.05, 3.63) is 82.8 Å². The Hall–Kier alpha value is -2.86. The molecule has 128 valence electrons. The van der Waals surface area contributed by atoms with E-state index >= 15 is 0 Å². The third-order valence-corrected chi connectivity index (χ3v) is 3.44. The average molecular weight is 362 g/mol. The maximum atomic E-state index is 12.8. The number of carbonyl (C=O) groups excluding carboxylic acids is 1. The van der Waals surface area contributed by atoms with Gasteiger partial charge < -0.3 is 13.9 Å². The van der Waals surface area contributed by atoms with Crippen molar-refractivity contribution in [2.75, 3.05) is 0 Å². The zero-order valence-electron chi connectivity index (χ0n) is 12.9. The number of benzene rings is 1. The normalized spacial score (nSPS) is 10.5. The second kappa shape index (κ2) is 7.81. The highest BCUT2D eigenvalue weighted by atomic mass is 35.5. The van der Waals surface area contributed by atoms with Gasteiger partial charge in [0.1, 0.15) is 35.7 Å². The molecule has 7 heteroatoms. The van der Waals surface area contributed by atoms with E-state index in [-0.39, 0.29) is 24.8 Å². The fourth-order valence-electron chi connectivity index (χ4n) is 1.96. The predicted octanol–water partition coefficient (Wildman–Crippen LogP) is 4.40. The number of pyridine rings is 1. The summed E-state index contributed by atoms with van der Waals surface area (Å²) >= 11 is 5.69. The van der Waals surface area contributed by atoms with Crippen LogP contribution in [0.2, 0.25) is 5.15 Å². The quantitative estimate of drug-likeness (QED) is 0.481. The number of hydrogen-bond donors (Lipinski definition) is 0. The second-order valence-corrected chi connectivity index (χ2v) is 5.46. The molecule has 1 aromatic carbocycles. The summed E-state index contributed by atoms with van der Waals surface area (Å²) in [5.74, 6) is 0.0791. The molecule has 0 aliphatic rings. The summed E-state index contributed by atoms with van der Waals surface area (Å²) in [6, 6.07) is 12.1. The molecule has 0 saturated carbocycles. The molecule has 0 N–H and O–H groups in total. The number of ether oxygens (including phenoxy) is 2. The molecule has 0 bridgehead atoms. The highest BCUT2D eigenvalue weighted by Gasteiger charge is 2.13. The molecule has 3 aromatic rings. The van der Waals surface area contributed by atoms with Crippen molar-refractivity contribution in [2.45, 2.75) is 13.2 Å². The average Bonchev–Trinajstić information content (AvgIpc) is 3.10. The highest BCUT2D eigenvalue weighted by Crippen LogP contribution is 2.16. The lowest BCUT2D eigenvalue weighted by atomic mass is 10.3. The number of furan rings is 1.